The van der Waals surface area contributed by atoms with E-state index in [0.717, 1.165) is 11.3 Å². The lowest BCUT2D eigenvalue weighted by Crippen LogP contribution is -2.28. The van der Waals surface area contributed by atoms with Gasteiger partial charge in [0.1, 0.15) is 12.4 Å². The van der Waals surface area contributed by atoms with Gasteiger partial charge in [0.25, 0.3) is 0 Å². The molecule has 1 aliphatic rings. The predicted molar refractivity (Wildman–Crippen MR) is 116 cm³/mol. The van der Waals surface area contributed by atoms with Crippen LogP contribution in [-0.2, 0) is 16.2 Å². The van der Waals surface area contributed by atoms with Crippen LogP contribution in [0.1, 0.15) is 17.0 Å². The van der Waals surface area contributed by atoms with Crippen molar-refractivity contribution < 1.29 is 14.3 Å². The van der Waals surface area contributed by atoms with Gasteiger partial charge in [0, 0.05) is 23.7 Å². The highest BCUT2D eigenvalue weighted by molar-refractivity contribution is 7.15. The maximum atomic E-state index is 12.6. The number of halogens is 1. The number of carbonyl (C=O) groups excluding carboxylic acids is 2. The Kier molecular flexibility index (Phi) is 5.96. The molecule has 1 N–H and O–H groups in total. The van der Waals surface area contributed by atoms with Crippen molar-refractivity contribution in [2.75, 3.05) is 16.8 Å². The number of rotatable bonds is 6. The molecule has 1 aromatic heterocycles. The molecule has 9 heteroatoms. The van der Waals surface area contributed by atoms with E-state index < -0.39 is 5.92 Å². The second-order valence-corrected chi connectivity index (χ2v) is 8.42. The van der Waals surface area contributed by atoms with Crippen LogP contribution in [0.4, 0.5) is 10.8 Å². The van der Waals surface area contributed by atoms with Crippen molar-refractivity contribution in [1.82, 2.24) is 10.2 Å². The number of amides is 2. The maximum Gasteiger partial charge on any atom is 0.231 e. The van der Waals surface area contributed by atoms with E-state index in [1.54, 1.807) is 29.2 Å². The normalized spacial score (nSPS) is 16.0. The number of nitrogens with zero attached hydrogens (tertiary/aromatic N) is 3. The molecular weight excluding hydrogens is 424 g/mol. The lowest BCUT2D eigenvalue weighted by molar-refractivity contribution is -0.122. The third-order valence-electron chi connectivity index (χ3n) is 4.78. The highest BCUT2D eigenvalue weighted by Crippen LogP contribution is 2.29. The highest BCUT2D eigenvalue weighted by Gasteiger charge is 2.36. The van der Waals surface area contributed by atoms with Crippen molar-refractivity contribution in [3.8, 4) is 5.75 Å². The first-order chi connectivity index (χ1) is 14.5. The van der Waals surface area contributed by atoms with Crippen molar-refractivity contribution in [3.63, 3.8) is 0 Å². The molecule has 30 heavy (non-hydrogen) atoms. The largest absolute Gasteiger partial charge is 0.486 e. The smallest absolute Gasteiger partial charge is 0.231 e. The number of ether oxygens (including phenoxy) is 1. The van der Waals surface area contributed by atoms with Crippen molar-refractivity contribution in [2.45, 2.75) is 20.0 Å². The van der Waals surface area contributed by atoms with Crippen molar-refractivity contribution in [1.29, 1.82) is 0 Å². The van der Waals surface area contributed by atoms with Crippen molar-refractivity contribution >= 4 is 45.6 Å². The fraction of sp³-hybridized carbons (Fsp3) is 0.238. The van der Waals surface area contributed by atoms with Crippen LogP contribution in [0, 0.1) is 12.8 Å². The lowest BCUT2D eigenvalue weighted by atomic mass is 10.1. The first-order valence-corrected chi connectivity index (χ1v) is 10.6. The Morgan fingerprint density at radius 1 is 1.23 bits per heavy atom. The maximum absolute atomic E-state index is 12.6. The third kappa shape index (κ3) is 4.60. The molecule has 0 spiro atoms. The average Bonchev–Trinajstić information content (AvgIpc) is 3.34. The van der Waals surface area contributed by atoms with Gasteiger partial charge in [0.2, 0.25) is 16.9 Å². The van der Waals surface area contributed by atoms with E-state index in [1.165, 1.54) is 11.3 Å². The van der Waals surface area contributed by atoms with Gasteiger partial charge in [-0.15, -0.1) is 10.2 Å². The lowest BCUT2D eigenvalue weighted by Gasteiger charge is -2.18. The van der Waals surface area contributed by atoms with Gasteiger partial charge in [0.15, 0.2) is 5.01 Å². The number of benzene rings is 2. The van der Waals surface area contributed by atoms with Gasteiger partial charge in [0.05, 0.1) is 5.92 Å². The van der Waals surface area contributed by atoms with Crippen LogP contribution < -0.4 is 15.0 Å². The number of nitrogens with one attached hydrogen (secondary N) is 1. The van der Waals surface area contributed by atoms with Crippen LogP contribution in [0.15, 0.2) is 48.5 Å². The second-order valence-electron chi connectivity index (χ2n) is 6.92. The van der Waals surface area contributed by atoms with E-state index in [0.29, 0.717) is 27.5 Å². The Morgan fingerprint density at radius 3 is 2.77 bits per heavy atom. The van der Waals surface area contributed by atoms with Crippen molar-refractivity contribution in [2.24, 2.45) is 5.92 Å². The Bertz CT molecular complexity index is 1070. The fourth-order valence-electron chi connectivity index (χ4n) is 3.23. The second kappa shape index (κ2) is 8.81. The standard InChI is InChI=1S/C21H19ClN4O3S/c1-13-4-2-3-5-17(13)26-11-14(10-19(26)27)20(28)23-21-25-24-18(30-21)12-29-16-8-6-15(22)7-9-16/h2-9,14H,10-12H2,1H3,(H,23,25,28)/t14-/m1/s1. The van der Waals surface area contributed by atoms with Gasteiger partial charge in [-0.3, -0.25) is 9.59 Å². The summed E-state index contributed by atoms with van der Waals surface area (Å²) in [6.07, 6.45) is 0.172. The molecule has 1 fully saturated rings. The summed E-state index contributed by atoms with van der Waals surface area (Å²) in [5, 5.41) is 12.5. The zero-order valence-electron chi connectivity index (χ0n) is 16.2. The first kappa shape index (κ1) is 20.3. The minimum atomic E-state index is -0.435. The van der Waals surface area contributed by atoms with Crippen molar-refractivity contribution in [3.05, 3.63) is 64.1 Å². The van der Waals surface area contributed by atoms with Gasteiger partial charge in [-0.05, 0) is 42.8 Å². The molecule has 0 saturated carbocycles. The van der Waals surface area contributed by atoms with Crippen LogP contribution in [0.25, 0.3) is 0 Å². The average molecular weight is 443 g/mol. The molecule has 1 saturated heterocycles. The summed E-state index contributed by atoms with van der Waals surface area (Å²) in [7, 11) is 0. The van der Waals surface area contributed by atoms with E-state index >= 15 is 0 Å². The summed E-state index contributed by atoms with van der Waals surface area (Å²) in [6.45, 7) is 2.53. The summed E-state index contributed by atoms with van der Waals surface area (Å²) >= 11 is 7.09. The zero-order valence-corrected chi connectivity index (χ0v) is 17.7. The van der Waals surface area contributed by atoms with E-state index in [9.17, 15) is 9.59 Å². The molecule has 0 radical (unpaired) electrons. The monoisotopic (exact) mass is 442 g/mol. The Labute approximate surface area is 182 Å². The van der Waals surface area contributed by atoms with Gasteiger partial charge < -0.3 is 15.0 Å². The highest BCUT2D eigenvalue weighted by atomic mass is 35.5. The van der Waals surface area contributed by atoms with E-state index in [-0.39, 0.29) is 24.8 Å². The van der Waals surface area contributed by atoms with E-state index in [2.05, 4.69) is 15.5 Å². The number of para-hydroxylation sites is 1. The van der Waals surface area contributed by atoms with Gasteiger partial charge in [-0.2, -0.15) is 0 Å². The number of hydrogen-bond donors (Lipinski definition) is 1. The molecule has 0 aliphatic carbocycles. The predicted octanol–water partition coefficient (Wildman–Crippen LogP) is 4.07. The third-order valence-corrected chi connectivity index (χ3v) is 5.84. The quantitative estimate of drug-likeness (QED) is 0.622. The summed E-state index contributed by atoms with van der Waals surface area (Å²) in [6, 6.07) is 14.7. The van der Waals surface area contributed by atoms with Gasteiger partial charge >= 0.3 is 0 Å². The molecule has 0 bridgehead atoms. The minimum Gasteiger partial charge on any atom is -0.486 e. The molecule has 1 atom stereocenters. The minimum absolute atomic E-state index is 0.0567. The number of carbonyl (C=O) groups is 2. The topological polar surface area (TPSA) is 84.4 Å². The van der Waals surface area contributed by atoms with Crippen LogP contribution in [0.5, 0.6) is 5.75 Å². The van der Waals surface area contributed by atoms with Crippen LogP contribution in [0.3, 0.4) is 0 Å². The van der Waals surface area contributed by atoms with Crippen LogP contribution in [-0.4, -0.2) is 28.6 Å². The van der Waals surface area contributed by atoms with E-state index in [4.69, 9.17) is 16.3 Å². The molecule has 4 rings (SSSR count). The Balaban J connectivity index is 1.34. The van der Waals surface area contributed by atoms with Crippen LogP contribution in [0.2, 0.25) is 5.02 Å². The van der Waals surface area contributed by atoms with E-state index in [1.807, 2.05) is 31.2 Å². The molecule has 1 aliphatic heterocycles. The number of anilines is 2. The summed E-state index contributed by atoms with van der Waals surface area (Å²) < 4.78 is 5.64. The zero-order chi connectivity index (χ0) is 21.1. The first-order valence-electron chi connectivity index (χ1n) is 9.37. The molecule has 2 heterocycles. The Hall–Kier alpha value is -2.97. The molecule has 7 nitrogen and oxygen atoms in total. The van der Waals surface area contributed by atoms with Crippen LogP contribution >= 0.6 is 22.9 Å². The number of hydrogen-bond acceptors (Lipinski definition) is 6. The van der Waals surface area contributed by atoms with Gasteiger partial charge in [-0.1, -0.05) is 41.1 Å². The molecule has 3 aromatic rings. The fourth-order valence-corrected chi connectivity index (χ4v) is 4.01. The SMILES string of the molecule is Cc1ccccc1N1C[C@H](C(=O)Nc2nnc(COc3ccc(Cl)cc3)s2)CC1=O. The Morgan fingerprint density at radius 2 is 2.00 bits per heavy atom. The molecule has 2 aromatic carbocycles. The molecule has 2 amide bonds. The molecule has 0 unspecified atom stereocenters. The summed E-state index contributed by atoms with van der Waals surface area (Å²) in [4.78, 5) is 26.8. The summed E-state index contributed by atoms with van der Waals surface area (Å²) in [5.74, 6) is -0.0600. The molecule has 154 valence electrons. The molecular formula is C21H19ClN4O3S. The summed E-state index contributed by atoms with van der Waals surface area (Å²) in [5.41, 5.74) is 1.84. The van der Waals surface area contributed by atoms with Gasteiger partial charge in [-0.25, -0.2) is 0 Å². The number of aromatic nitrogens is 2. The number of aryl methyl sites for hydroxylation is 1.